The maximum absolute atomic E-state index is 6.75. The lowest BCUT2D eigenvalue weighted by atomic mass is 9.82. The molecule has 0 bridgehead atoms. The minimum atomic E-state index is -0.0885. The van der Waals surface area contributed by atoms with Crippen LogP contribution in [0, 0.1) is 0 Å². The molecule has 0 unspecified atom stereocenters. The van der Waals surface area contributed by atoms with Crippen molar-refractivity contribution in [2.24, 2.45) is 0 Å². The highest BCUT2D eigenvalue weighted by Gasteiger charge is 2.36. The van der Waals surface area contributed by atoms with Crippen LogP contribution >= 0.6 is 0 Å². The Morgan fingerprint density at radius 1 is 0.453 bits per heavy atom. The van der Waals surface area contributed by atoms with E-state index in [-0.39, 0.29) is 5.41 Å². The number of hydrogen-bond acceptors (Lipinski definition) is 2. The van der Waals surface area contributed by atoms with Gasteiger partial charge in [-0.25, -0.2) is 4.98 Å². The minimum Gasteiger partial charge on any atom is -0.455 e. The summed E-state index contributed by atoms with van der Waals surface area (Å²) in [5, 5.41) is 4.68. The maximum Gasteiger partial charge on any atom is 0.144 e. The van der Waals surface area contributed by atoms with Gasteiger partial charge in [0.25, 0.3) is 0 Å². The van der Waals surface area contributed by atoms with Gasteiger partial charge in [-0.05, 0) is 88.0 Å². The average Bonchev–Trinajstić information content (AvgIpc) is 3.82. The highest BCUT2D eigenvalue weighted by atomic mass is 16.3. The lowest BCUT2D eigenvalue weighted by molar-refractivity contribution is 0.661. The molecule has 0 N–H and O–H groups in total. The Labute approximate surface area is 307 Å². The molecule has 0 radical (unpaired) electrons. The van der Waals surface area contributed by atoms with E-state index in [4.69, 9.17) is 9.40 Å². The van der Waals surface area contributed by atoms with Crippen LogP contribution in [-0.4, -0.2) is 9.55 Å². The molecular weight excluding hydrogens is 645 g/mol. The fourth-order valence-electron chi connectivity index (χ4n) is 8.79. The summed E-state index contributed by atoms with van der Waals surface area (Å²) >= 11 is 0. The topological polar surface area (TPSA) is 31.0 Å². The van der Waals surface area contributed by atoms with E-state index < -0.39 is 0 Å². The molecule has 1 aliphatic carbocycles. The Kier molecular flexibility index (Phi) is 6.30. The first-order chi connectivity index (χ1) is 26.0. The van der Waals surface area contributed by atoms with Crippen LogP contribution in [0.25, 0.3) is 94.2 Å². The minimum absolute atomic E-state index is 0.0885. The van der Waals surface area contributed by atoms with Crippen LogP contribution in [0.4, 0.5) is 0 Å². The van der Waals surface area contributed by atoms with Crippen molar-refractivity contribution in [1.29, 1.82) is 0 Å². The molecule has 1 aliphatic rings. The first kappa shape index (κ1) is 30.0. The highest BCUT2D eigenvalue weighted by Crippen LogP contribution is 2.51. The normalized spacial score (nSPS) is 13.2. The zero-order valence-corrected chi connectivity index (χ0v) is 29.5. The van der Waals surface area contributed by atoms with Crippen molar-refractivity contribution in [3.63, 3.8) is 0 Å². The van der Waals surface area contributed by atoms with E-state index in [1.165, 1.54) is 44.1 Å². The predicted octanol–water partition coefficient (Wildman–Crippen LogP) is 13.4. The van der Waals surface area contributed by atoms with Gasteiger partial charge in [0.15, 0.2) is 0 Å². The van der Waals surface area contributed by atoms with E-state index in [9.17, 15) is 0 Å². The first-order valence-electron chi connectivity index (χ1n) is 18.3. The quantitative estimate of drug-likeness (QED) is 0.185. The number of nitrogens with zero attached hydrogens (tertiary/aromatic N) is 2. The van der Waals surface area contributed by atoms with Crippen molar-refractivity contribution in [3.8, 4) is 50.5 Å². The summed E-state index contributed by atoms with van der Waals surface area (Å²) in [5.41, 5.74) is 16.7. The first-order valence-corrected chi connectivity index (χ1v) is 18.3. The van der Waals surface area contributed by atoms with Crippen LogP contribution in [-0.2, 0) is 5.41 Å². The van der Waals surface area contributed by atoms with Gasteiger partial charge in [0.2, 0.25) is 0 Å². The molecule has 0 saturated heterocycles. The summed E-state index contributed by atoms with van der Waals surface area (Å²) in [4.78, 5) is 5.24. The number of aromatic nitrogens is 2. The molecule has 11 rings (SSSR count). The Bertz CT molecular complexity index is 3020. The molecular formula is C50H34N2O. The summed E-state index contributed by atoms with van der Waals surface area (Å²) in [6.45, 7) is 4.70. The van der Waals surface area contributed by atoms with Crippen LogP contribution in [0.3, 0.4) is 0 Å². The molecule has 0 fully saturated rings. The summed E-state index contributed by atoms with van der Waals surface area (Å²) in [5.74, 6) is 0. The fourth-order valence-corrected chi connectivity index (χ4v) is 8.79. The molecule has 0 saturated carbocycles. The molecule has 10 aromatic rings. The van der Waals surface area contributed by atoms with E-state index in [1.807, 2.05) is 6.07 Å². The second-order valence-electron chi connectivity index (χ2n) is 14.8. The van der Waals surface area contributed by atoms with E-state index >= 15 is 0 Å². The van der Waals surface area contributed by atoms with Gasteiger partial charge >= 0.3 is 0 Å². The molecule has 3 nitrogen and oxygen atoms in total. The summed E-state index contributed by atoms with van der Waals surface area (Å²) in [6.07, 6.45) is 0. The number of pyridine rings is 1. The van der Waals surface area contributed by atoms with Gasteiger partial charge in [-0.2, -0.15) is 0 Å². The van der Waals surface area contributed by atoms with E-state index in [2.05, 4.69) is 182 Å². The molecule has 7 aromatic carbocycles. The number of hydrogen-bond donors (Lipinski definition) is 0. The largest absolute Gasteiger partial charge is 0.455 e. The van der Waals surface area contributed by atoms with Crippen molar-refractivity contribution in [3.05, 3.63) is 181 Å². The number of rotatable bonds is 4. The Balaban J connectivity index is 1.12. The van der Waals surface area contributed by atoms with Gasteiger partial charge in [0.05, 0.1) is 22.4 Å². The predicted molar refractivity (Wildman–Crippen MR) is 220 cm³/mol. The Morgan fingerprint density at radius 3 is 2.00 bits per heavy atom. The van der Waals surface area contributed by atoms with Crippen LogP contribution in [0.1, 0.15) is 25.0 Å². The molecule has 53 heavy (non-hydrogen) atoms. The second-order valence-corrected chi connectivity index (χ2v) is 14.8. The zero-order chi connectivity index (χ0) is 35.3. The van der Waals surface area contributed by atoms with Crippen LogP contribution in [0.15, 0.2) is 174 Å². The van der Waals surface area contributed by atoms with E-state index in [0.717, 1.165) is 61.3 Å². The molecule has 250 valence electrons. The van der Waals surface area contributed by atoms with Gasteiger partial charge in [-0.1, -0.05) is 129 Å². The second kappa shape index (κ2) is 11.1. The van der Waals surface area contributed by atoms with Gasteiger partial charge in [-0.3, -0.25) is 0 Å². The lowest BCUT2D eigenvalue weighted by Crippen LogP contribution is -2.14. The molecule has 3 heteroatoms. The summed E-state index contributed by atoms with van der Waals surface area (Å²) in [7, 11) is 0. The third-order valence-corrected chi connectivity index (χ3v) is 11.4. The Hall–Kier alpha value is -6.71. The SMILES string of the molecule is CC1(C)c2ccccc2-c2cc3c4ccccc4n(-c4ccc5oc6c(-c7cc(-c8ccccc8)cc(-c8ccccc8)n7)cccc6c5c4)c3cc21. The monoisotopic (exact) mass is 678 g/mol. The maximum atomic E-state index is 6.75. The molecule has 0 spiro atoms. The molecule has 3 aromatic heterocycles. The van der Waals surface area contributed by atoms with Gasteiger partial charge < -0.3 is 8.98 Å². The molecule has 3 heterocycles. The molecule has 0 atom stereocenters. The molecule has 0 amide bonds. The summed E-state index contributed by atoms with van der Waals surface area (Å²) in [6, 6.07) is 60.9. The van der Waals surface area contributed by atoms with Crippen molar-refractivity contribution < 1.29 is 4.42 Å². The number of fused-ring (bicyclic) bond motifs is 9. The van der Waals surface area contributed by atoms with Crippen LogP contribution in [0.5, 0.6) is 0 Å². The average molecular weight is 679 g/mol. The number of benzene rings is 7. The van der Waals surface area contributed by atoms with Crippen molar-refractivity contribution in [2.45, 2.75) is 19.3 Å². The third kappa shape index (κ3) is 4.44. The van der Waals surface area contributed by atoms with Crippen molar-refractivity contribution in [1.82, 2.24) is 9.55 Å². The van der Waals surface area contributed by atoms with Gasteiger partial charge in [0.1, 0.15) is 11.2 Å². The third-order valence-electron chi connectivity index (χ3n) is 11.4. The molecule has 0 aliphatic heterocycles. The van der Waals surface area contributed by atoms with Crippen LogP contribution < -0.4 is 0 Å². The standard InChI is InChI=1S/C50H34N2O/c1-50(2)42-22-11-9-18-35(42)39-29-40-36-19-10-12-23-46(36)52(47(40)30-43(39)50)34-24-25-48-41(28-34)37-20-13-21-38(49(37)53-48)45-27-33(31-14-5-3-6-15-31)26-44(51-45)32-16-7-4-8-17-32/h3-30H,1-2H3. The van der Waals surface area contributed by atoms with Gasteiger partial charge in [0, 0.05) is 43.8 Å². The lowest BCUT2D eigenvalue weighted by Gasteiger charge is -2.21. The smallest absolute Gasteiger partial charge is 0.144 e. The number of furan rings is 1. The van der Waals surface area contributed by atoms with Crippen molar-refractivity contribution >= 4 is 43.7 Å². The van der Waals surface area contributed by atoms with E-state index in [0.29, 0.717) is 0 Å². The fraction of sp³-hybridized carbons (Fsp3) is 0.0600. The van der Waals surface area contributed by atoms with E-state index in [1.54, 1.807) is 0 Å². The summed E-state index contributed by atoms with van der Waals surface area (Å²) < 4.78 is 9.18. The van der Waals surface area contributed by atoms with Crippen molar-refractivity contribution in [2.75, 3.05) is 0 Å². The highest BCUT2D eigenvalue weighted by molar-refractivity contribution is 6.13. The van der Waals surface area contributed by atoms with Crippen LogP contribution in [0.2, 0.25) is 0 Å². The van der Waals surface area contributed by atoms with Gasteiger partial charge in [-0.15, -0.1) is 0 Å². The zero-order valence-electron chi connectivity index (χ0n) is 29.5. The number of para-hydroxylation sites is 2. The Morgan fingerprint density at radius 2 is 1.15 bits per heavy atom.